The quantitative estimate of drug-likeness (QED) is 0.752. The van der Waals surface area contributed by atoms with Crippen molar-refractivity contribution in [1.82, 2.24) is 0 Å². The molecule has 5 N–H and O–H groups in total. The van der Waals surface area contributed by atoms with Crippen LogP contribution in [0.1, 0.15) is 11.6 Å². The fourth-order valence-corrected chi connectivity index (χ4v) is 1.79. The minimum absolute atomic E-state index is 0.197. The zero-order chi connectivity index (χ0) is 12.3. The van der Waals surface area contributed by atoms with Crippen LogP contribution in [0.3, 0.4) is 0 Å². The van der Waals surface area contributed by atoms with E-state index < -0.39 is 0 Å². The molecule has 0 heterocycles. The maximum atomic E-state index is 9.75. The van der Waals surface area contributed by atoms with Crippen LogP contribution in [0.2, 0.25) is 0 Å². The minimum atomic E-state index is -0.335. The molecule has 2 rings (SSSR count). The van der Waals surface area contributed by atoms with Gasteiger partial charge in [-0.05, 0) is 23.3 Å². The molecule has 0 saturated carbocycles. The van der Waals surface area contributed by atoms with Crippen LogP contribution < -0.4 is 11.5 Å². The SMILES string of the molecule is NC[C@H](N)c1cc(-c2ccccc2)ccc1O. The summed E-state index contributed by atoms with van der Waals surface area (Å²) in [5, 5.41) is 9.75. The monoisotopic (exact) mass is 228 g/mol. The summed E-state index contributed by atoms with van der Waals surface area (Å²) in [5.41, 5.74) is 14.2. The molecule has 0 aliphatic heterocycles. The fraction of sp³-hybridized carbons (Fsp3) is 0.143. The van der Waals surface area contributed by atoms with Crippen molar-refractivity contribution in [2.24, 2.45) is 11.5 Å². The molecule has 17 heavy (non-hydrogen) atoms. The summed E-state index contributed by atoms with van der Waals surface area (Å²) in [7, 11) is 0. The molecule has 0 aliphatic carbocycles. The Kier molecular flexibility index (Phi) is 3.42. The first-order chi connectivity index (χ1) is 8.22. The maximum Gasteiger partial charge on any atom is 0.120 e. The normalized spacial score (nSPS) is 12.4. The van der Waals surface area contributed by atoms with Gasteiger partial charge in [0.2, 0.25) is 0 Å². The summed E-state index contributed by atoms with van der Waals surface area (Å²) >= 11 is 0. The number of aromatic hydroxyl groups is 1. The number of hydrogen-bond donors (Lipinski definition) is 3. The molecule has 3 nitrogen and oxygen atoms in total. The maximum absolute atomic E-state index is 9.75. The van der Waals surface area contributed by atoms with Gasteiger partial charge in [-0.25, -0.2) is 0 Å². The lowest BCUT2D eigenvalue weighted by Crippen LogP contribution is -2.20. The molecular weight excluding hydrogens is 212 g/mol. The van der Waals surface area contributed by atoms with Gasteiger partial charge in [0.25, 0.3) is 0 Å². The van der Waals surface area contributed by atoms with Gasteiger partial charge >= 0.3 is 0 Å². The second kappa shape index (κ2) is 4.99. The molecule has 0 unspecified atom stereocenters. The van der Waals surface area contributed by atoms with E-state index in [1.165, 1.54) is 0 Å². The molecule has 0 radical (unpaired) electrons. The van der Waals surface area contributed by atoms with Gasteiger partial charge in [-0.1, -0.05) is 36.4 Å². The van der Waals surface area contributed by atoms with E-state index in [4.69, 9.17) is 11.5 Å². The molecule has 3 heteroatoms. The zero-order valence-corrected chi connectivity index (χ0v) is 9.51. The van der Waals surface area contributed by atoms with Crippen LogP contribution in [0.25, 0.3) is 11.1 Å². The molecule has 0 aliphatic rings. The second-order valence-electron chi connectivity index (χ2n) is 3.98. The van der Waals surface area contributed by atoms with Gasteiger partial charge in [-0.15, -0.1) is 0 Å². The van der Waals surface area contributed by atoms with E-state index in [1.54, 1.807) is 6.07 Å². The second-order valence-corrected chi connectivity index (χ2v) is 3.98. The summed E-state index contributed by atoms with van der Waals surface area (Å²) in [4.78, 5) is 0. The predicted octanol–water partition coefficient (Wildman–Crippen LogP) is 2.02. The highest BCUT2D eigenvalue weighted by atomic mass is 16.3. The van der Waals surface area contributed by atoms with Crippen LogP contribution >= 0.6 is 0 Å². The molecule has 2 aromatic rings. The lowest BCUT2D eigenvalue weighted by atomic mass is 9.99. The van der Waals surface area contributed by atoms with E-state index >= 15 is 0 Å². The third-order valence-corrected chi connectivity index (χ3v) is 2.79. The molecular formula is C14H16N2O. The Bertz CT molecular complexity index is 497. The average Bonchev–Trinajstić information content (AvgIpc) is 2.39. The van der Waals surface area contributed by atoms with Crippen molar-refractivity contribution in [3.8, 4) is 16.9 Å². The number of phenolic OH excluding ortho intramolecular Hbond substituents is 1. The minimum Gasteiger partial charge on any atom is -0.508 e. The van der Waals surface area contributed by atoms with Gasteiger partial charge < -0.3 is 16.6 Å². The van der Waals surface area contributed by atoms with Crippen molar-refractivity contribution in [2.45, 2.75) is 6.04 Å². The van der Waals surface area contributed by atoms with Gasteiger partial charge in [-0.3, -0.25) is 0 Å². The van der Waals surface area contributed by atoms with E-state index in [0.29, 0.717) is 12.1 Å². The van der Waals surface area contributed by atoms with E-state index in [1.807, 2.05) is 42.5 Å². The highest BCUT2D eigenvalue weighted by molar-refractivity contribution is 5.65. The largest absolute Gasteiger partial charge is 0.508 e. The van der Waals surface area contributed by atoms with Crippen LogP contribution in [0.4, 0.5) is 0 Å². The Hall–Kier alpha value is -1.84. The van der Waals surface area contributed by atoms with E-state index in [0.717, 1.165) is 11.1 Å². The Labute approximate surface area is 101 Å². The summed E-state index contributed by atoms with van der Waals surface area (Å²) in [6.45, 7) is 0.311. The number of hydrogen-bond acceptors (Lipinski definition) is 3. The molecule has 88 valence electrons. The van der Waals surface area contributed by atoms with E-state index in [-0.39, 0.29) is 11.8 Å². The first-order valence-corrected chi connectivity index (χ1v) is 5.56. The average molecular weight is 228 g/mol. The van der Waals surface area contributed by atoms with Crippen LogP contribution in [0.15, 0.2) is 48.5 Å². The van der Waals surface area contributed by atoms with E-state index in [9.17, 15) is 5.11 Å². The van der Waals surface area contributed by atoms with Crippen LogP contribution in [-0.2, 0) is 0 Å². The molecule has 0 aromatic heterocycles. The Morgan fingerprint density at radius 3 is 2.35 bits per heavy atom. The van der Waals surface area contributed by atoms with Crippen molar-refractivity contribution in [1.29, 1.82) is 0 Å². The number of rotatable bonds is 3. The van der Waals surface area contributed by atoms with Crippen molar-refractivity contribution in [3.05, 3.63) is 54.1 Å². The van der Waals surface area contributed by atoms with Crippen molar-refractivity contribution < 1.29 is 5.11 Å². The summed E-state index contributed by atoms with van der Waals surface area (Å²) < 4.78 is 0. The van der Waals surface area contributed by atoms with Gasteiger partial charge in [-0.2, -0.15) is 0 Å². The van der Waals surface area contributed by atoms with Gasteiger partial charge in [0.15, 0.2) is 0 Å². The highest BCUT2D eigenvalue weighted by Gasteiger charge is 2.10. The third kappa shape index (κ3) is 2.46. The Morgan fingerprint density at radius 2 is 1.71 bits per heavy atom. The number of nitrogens with two attached hydrogens (primary N) is 2. The molecule has 0 fully saturated rings. The highest BCUT2D eigenvalue weighted by Crippen LogP contribution is 2.28. The fourth-order valence-electron chi connectivity index (χ4n) is 1.79. The lowest BCUT2D eigenvalue weighted by molar-refractivity contribution is 0.462. The molecule has 1 atom stereocenters. The van der Waals surface area contributed by atoms with E-state index in [2.05, 4.69) is 0 Å². The van der Waals surface area contributed by atoms with Crippen molar-refractivity contribution in [2.75, 3.05) is 6.54 Å². The molecule has 0 saturated heterocycles. The van der Waals surface area contributed by atoms with Crippen LogP contribution in [0, 0.1) is 0 Å². The lowest BCUT2D eigenvalue weighted by Gasteiger charge is -2.13. The van der Waals surface area contributed by atoms with Gasteiger partial charge in [0, 0.05) is 18.2 Å². The topological polar surface area (TPSA) is 72.3 Å². The smallest absolute Gasteiger partial charge is 0.120 e. The standard InChI is InChI=1S/C14H16N2O/c15-9-13(16)12-8-11(6-7-14(12)17)10-4-2-1-3-5-10/h1-8,13,17H,9,15-16H2/t13-/m0/s1. The molecule has 0 amide bonds. The Balaban J connectivity index is 2.44. The summed E-state index contributed by atoms with van der Waals surface area (Å²) in [5.74, 6) is 0.197. The summed E-state index contributed by atoms with van der Waals surface area (Å²) in [6, 6.07) is 15.0. The molecule has 0 spiro atoms. The van der Waals surface area contributed by atoms with Gasteiger partial charge in [0.1, 0.15) is 5.75 Å². The number of benzene rings is 2. The zero-order valence-electron chi connectivity index (χ0n) is 9.51. The third-order valence-electron chi connectivity index (χ3n) is 2.79. The van der Waals surface area contributed by atoms with Crippen LogP contribution in [0.5, 0.6) is 5.75 Å². The van der Waals surface area contributed by atoms with Crippen molar-refractivity contribution >= 4 is 0 Å². The van der Waals surface area contributed by atoms with Crippen molar-refractivity contribution in [3.63, 3.8) is 0 Å². The number of phenols is 1. The molecule has 0 bridgehead atoms. The predicted molar refractivity (Wildman–Crippen MR) is 69.5 cm³/mol. The van der Waals surface area contributed by atoms with Crippen LogP contribution in [-0.4, -0.2) is 11.7 Å². The molecule has 2 aromatic carbocycles. The Morgan fingerprint density at radius 1 is 1.00 bits per heavy atom. The summed E-state index contributed by atoms with van der Waals surface area (Å²) in [6.07, 6.45) is 0. The van der Waals surface area contributed by atoms with Gasteiger partial charge in [0.05, 0.1) is 0 Å². The first-order valence-electron chi connectivity index (χ1n) is 5.56. The first kappa shape index (κ1) is 11.6.